The van der Waals surface area contributed by atoms with Gasteiger partial charge in [0, 0.05) is 26.2 Å². The number of furan rings is 1. The van der Waals surface area contributed by atoms with Gasteiger partial charge in [-0.1, -0.05) is 0 Å². The molecule has 0 radical (unpaired) electrons. The van der Waals surface area contributed by atoms with Crippen molar-refractivity contribution in [3.05, 3.63) is 36.0 Å². The monoisotopic (exact) mass is 302 g/mol. The van der Waals surface area contributed by atoms with Crippen LogP contribution < -0.4 is 10.2 Å². The zero-order valence-electron chi connectivity index (χ0n) is 12.6. The summed E-state index contributed by atoms with van der Waals surface area (Å²) in [6, 6.07) is 3.68. The van der Waals surface area contributed by atoms with E-state index in [1.807, 2.05) is 19.1 Å². The van der Waals surface area contributed by atoms with E-state index in [2.05, 4.69) is 10.4 Å². The van der Waals surface area contributed by atoms with Crippen molar-refractivity contribution in [2.75, 3.05) is 11.4 Å². The number of rotatable bonds is 4. The van der Waals surface area contributed by atoms with Crippen molar-refractivity contribution in [2.45, 2.75) is 19.9 Å². The van der Waals surface area contributed by atoms with Gasteiger partial charge < -0.3 is 14.6 Å². The minimum Gasteiger partial charge on any atom is -0.465 e. The Hall–Kier alpha value is -2.57. The van der Waals surface area contributed by atoms with Crippen LogP contribution in [-0.4, -0.2) is 28.1 Å². The van der Waals surface area contributed by atoms with Crippen molar-refractivity contribution in [2.24, 2.45) is 13.0 Å². The minimum absolute atomic E-state index is 0.0537. The highest BCUT2D eigenvalue weighted by molar-refractivity contribution is 6.00. The van der Waals surface area contributed by atoms with Gasteiger partial charge >= 0.3 is 0 Å². The first-order valence-corrected chi connectivity index (χ1v) is 7.15. The molecule has 1 aliphatic rings. The molecule has 0 aromatic carbocycles. The molecule has 2 aromatic rings. The van der Waals surface area contributed by atoms with Crippen molar-refractivity contribution in [3.8, 4) is 0 Å². The Kier molecular flexibility index (Phi) is 3.70. The molecule has 0 spiro atoms. The van der Waals surface area contributed by atoms with Gasteiger partial charge in [-0.05, 0) is 19.1 Å². The van der Waals surface area contributed by atoms with E-state index in [4.69, 9.17) is 4.42 Å². The van der Waals surface area contributed by atoms with Gasteiger partial charge in [0.15, 0.2) is 0 Å². The second kappa shape index (κ2) is 5.67. The summed E-state index contributed by atoms with van der Waals surface area (Å²) in [6.45, 7) is 2.57. The van der Waals surface area contributed by atoms with E-state index >= 15 is 0 Å². The molecule has 3 rings (SSSR count). The summed E-state index contributed by atoms with van der Waals surface area (Å²) in [4.78, 5) is 25.9. The van der Waals surface area contributed by atoms with Crippen molar-refractivity contribution < 1.29 is 14.0 Å². The summed E-state index contributed by atoms with van der Waals surface area (Å²) < 4.78 is 7.04. The highest BCUT2D eigenvalue weighted by atomic mass is 16.3. The molecule has 1 saturated heterocycles. The highest BCUT2D eigenvalue weighted by Crippen LogP contribution is 2.24. The fourth-order valence-corrected chi connectivity index (χ4v) is 2.58. The lowest BCUT2D eigenvalue weighted by atomic mass is 10.1. The Labute approximate surface area is 127 Å². The van der Waals surface area contributed by atoms with E-state index in [0.29, 0.717) is 18.8 Å². The Morgan fingerprint density at radius 1 is 1.50 bits per heavy atom. The first-order chi connectivity index (χ1) is 10.5. The zero-order valence-corrected chi connectivity index (χ0v) is 12.6. The van der Waals surface area contributed by atoms with Gasteiger partial charge in [0.2, 0.25) is 11.8 Å². The van der Waals surface area contributed by atoms with Gasteiger partial charge in [-0.2, -0.15) is 5.10 Å². The number of carbonyl (C=O) groups excluding carboxylic acids is 2. The molecule has 1 aliphatic heterocycles. The van der Waals surface area contributed by atoms with Crippen molar-refractivity contribution in [1.82, 2.24) is 15.1 Å². The lowest BCUT2D eigenvalue weighted by molar-refractivity contribution is -0.126. The fourth-order valence-electron chi connectivity index (χ4n) is 2.58. The van der Waals surface area contributed by atoms with E-state index < -0.39 is 0 Å². The molecule has 2 amide bonds. The van der Waals surface area contributed by atoms with Gasteiger partial charge in [0.05, 0.1) is 24.3 Å². The molecule has 116 valence electrons. The molecule has 3 heterocycles. The van der Waals surface area contributed by atoms with Crippen LogP contribution in [0.25, 0.3) is 0 Å². The van der Waals surface area contributed by atoms with Gasteiger partial charge in [0.25, 0.3) is 0 Å². The standard InChI is InChI=1S/C15H18N4O3/c1-10-3-4-13(22-10)7-16-15(21)11-5-14(20)19(8-11)12-6-17-18(2)9-12/h3-4,6,9,11H,5,7-8H2,1-2H3,(H,16,21). The number of aromatic nitrogens is 2. The van der Waals surface area contributed by atoms with Crippen LogP contribution in [0, 0.1) is 12.8 Å². The van der Waals surface area contributed by atoms with Crippen molar-refractivity contribution >= 4 is 17.5 Å². The molecule has 1 atom stereocenters. The molecule has 1 fully saturated rings. The fraction of sp³-hybridized carbons (Fsp3) is 0.400. The van der Waals surface area contributed by atoms with Crippen molar-refractivity contribution in [1.29, 1.82) is 0 Å². The van der Waals surface area contributed by atoms with E-state index in [1.54, 1.807) is 29.0 Å². The highest BCUT2D eigenvalue weighted by Gasteiger charge is 2.35. The number of hydrogen-bond acceptors (Lipinski definition) is 4. The average molecular weight is 302 g/mol. The number of aryl methyl sites for hydroxylation is 2. The van der Waals surface area contributed by atoms with Crippen LogP contribution in [-0.2, 0) is 23.2 Å². The third kappa shape index (κ3) is 2.88. The second-order valence-electron chi connectivity index (χ2n) is 5.51. The number of amides is 2. The summed E-state index contributed by atoms with van der Waals surface area (Å²) >= 11 is 0. The van der Waals surface area contributed by atoms with Gasteiger partial charge in [-0.3, -0.25) is 14.3 Å². The molecular weight excluding hydrogens is 284 g/mol. The average Bonchev–Trinajstić information content (AvgIpc) is 3.17. The molecule has 2 aromatic heterocycles. The smallest absolute Gasteiger partial charge is 0.227 e. The maximum absolute atomic E-state index is 12.2. The van der Waals surface area contributed by atoms with Crippen LogP contribution in [0.5, 0.6) is 0 Å². The molecule has 0 saturated carbocycles. The lowest BCUT2D eigenvalue weighted by Gasteiger charge is -2.14. The third-order valence-electron chi connectivity index (χ3n) is 3.73. The summed E-state index contributed by atoms with van der Waals surface area (Å²) in [5, 5.41) is 6.87. The Morgan fingerprint density at radius 2 is 2.32 bits per heavy atom. The van der Waals surface area contributed by atoms with Crippen LogP contribution in [0.15, 0.2) is 28.9 Å². The van der Waals surface area contributed by atoms with Gasteiger partial charge in [-0.15, -0.1) is 0 Å². The molecule has 1 unspecified atom stereocenters. The van der Waals surface area contributed by atoms with Crippen LogP contribution in [0.3, 0.4) is 0 Å². The summed E-state index contributed by atoms with van der Waals surface area (Å²) in [6.07, 6.45) is 3.62. The predicted octanol–water partition coefficient (Wildman–Crippen LogP) is 0.991. The summed E-state index contributed by atoms with van der Waals surface area (Å²) in [5.41, 5.74) is 0.726. The summed E-state index contributed by atoms with van der Waals surface area (Å²) in [7, 11) is 1.79. The molecular formula is C15H18N4O3. The number of hydrogen-bond donors (Lipinski definition) is 1. The summed E-state index contributed by atoms with van der Waals surface area (Å²) in [5.74, 6) is 0.988. The molecule has 22 heavy (non-hydrogen) atoms. The molecule has 0 bridgehead atoms. The number of nitrogens with zero attached hydrogens (tertiary/aromatic N) is 3. The maximum atomic E-state index is 12.2. The number of carbonyl (C=O) groups is 2. The van der Waals surface area contributed by atoms with Crippen molar-refractivity contribution in [3.63, 3.8) is 0 Å². The topological polar surface area (TPSA) is 80.4 Å². The Morgan fingerprint density at radius 3 is 2.95 bits per heavy atom. The predicted molar refractivity (Wildman–Crippen MR) is 79.0 cm³/mol. The molecule has 1 N–H and O–H groups in total. The largest absolute Gasteiger partial charge is 0.465 e. The molecule has 0 aliphatic carbocycles. The van der Waals surface area contributed by atoms with Crippen LogP contribution in [0.4, 0.5) is 5.69 Å². The van der Waals surface area contributed by atoms with Crippen LogP contribution in [0.1, 0.15) is 17.9 Å². The Balaban J connectivity index is 1.59. The van der Waals surface area contributed by atoms with Gasteiger partial charge in [-0.25, -0.2) is 0 Å². The van der Waals surface area contributed by atoms with E-state index in [9.17, 15) is 9.59 Å². The van der Waals surface area contributed by atoms with E-state index in [-0.39, 0.29) is 24.2 Å². The minimum atomic E-state index is -0.344. The van der Waals surface area contributed by atoms with Gasteiger partial charge in [0.1, 0.15) is 11.5 Å². The van der Waals surface area contributed by atoms with Crippen LogP contribution in [0.2, 0.25) is 0 Å². The Bertz CT molecular complexity index is 703. The third-order valence-corrected chi connectivity index (χ3v) is 3.73. The first kappa shape index (κ1) is 14.4. The first-order valence-electron chi connectivity index (χ1n) is 7.15. The van der Waals surface area contributed by atoms with E-state index in [1.165, 1.54) is 0 Å². The molecule has 7 heteroatoms. The quantitative estimate of drug-likeness (QED) is 0.913. The maximum Gasteiger partial charge on any atom is 0.227 e. The second-order valence-corrected chi connectivity index (χ2v) is 5.51. The van der Waals surface area contributed by atoms with Crippen LogP contribution >= 0.6 is 0 Å². The van der Waals surface area contributed by atoms with E-state index in [0.717, 1.165) is 11.4 Å². The normalized spacial score (nSPS) is 18.0. The number of nitrogens with one attached hydrogen (secondary N) is 1. The molecule has 7 nitrogen and oxygen atoms in total. The zero-order chi connectivity index (χ0) is 15.7. The number of anilines is 1. The SMILES string of the molecule is Cc1ccc(CNC(=O)C2CC(=O)N(c3cnn(C)c3)C2)o1. The lowest BCUT2D eigenvalue weighted by Crippen LogP contribution is -2.32.